The van der Waals surface area contributed by atoms with Gasteiger partial charge in [-0.2, -0.15) is 0 Å². The monoisotopic (exact) mass is 204 g/mol. The highest BCUT2D eigenvalue weighted by Gasteiger charge is 1.88. The Morgan fingerprint density at radius 2 is 0.786 bits per heavy atom. The lowest BCUT2D eigenvalue weighted by Crippen LogP contribution is -1.85. The van der Waals surface area contributed by atoms with Crippen molar-refractivity contribution in [3.8, 4) is 0 Å². The van der Waals surface area contributed by atoms with E-state index in [4.69, 9.17) is 0 Å². The molecule has 14 heavy (non-hydrogen) atoms. The predicted octanol–water partition coefficient (Wildman–Crippen LogP) is 6.30. The molecule has 0 heterocycles. The van der Waals surface area contributed by atoms with Crippen molar-refractivity contribution in [1.29, 1.82) is 0 Å². The Kier molecular flexibility index (Phi) is 64.6. The molecule has 92 valence electrons. The SMILES string of the molecule is CC.CCC.CCC.CCC(C)CC. The first kappa shape index (κ1) is 23.7. The third kappa shape index (κ3) is 90.8. The van der Waals surface area contributed by atoms with E-state index in [9.17, 15) is 0 Å². The fourth-order valence-electron chi connectivity index (χ4n) is 0.289. The van der Waals surface area contributed by atoms with Crippen LogP contribution in [0.15, 0.2) is 0 Å². The molecule has 0 rings (SSSR count). The summed E-state index contributed by atoms with van der Waals surface area (Å²) in [4.78, 5) is 0. The lowest BCUT2D eigenvalue weighted by molar-refractivity contribution is 0.544. The molecular formula is C14H36. The van der Waals surface area contributed by atoms with Gasteiger partial charge >= 0.3 is 0 Å². The summed E-state index contributed by atoms with van der Waals surface area (Å²) in [6, 6.07) is 0. The van der Waals surface area contributed by atoms with Gasteiger partial charge in [0.2, 0.25) is 0 Å². The molecule has 0 aliphatic rings. The highest BCUT2D eigenvalue weighted by molar-refractivity contribution is 4.41. The van der Waals surface area contributed by atoms with Crippen LogP contribution >= 0.6 is 0 Å². The predicted molar refractivity (Wildman–Crippen MR) is 73.0 cm³/mol. The molecule has 0 spiro atoms. The highest BCUT2D eigenvalue weighted by Crippen LogP contribution is 2.02. The molecular weight excluding hydrogens is 168 g/mol. The second kappa shape index (κ2) is 38.2. The third-order valence-corrected chi connectivity index (χ3v) is 1.39. The number of rotatable bonds is 2. The Labute approximate surface area is 94.5 Å². The van der Waals surface area contributed by atoms with Crippen molar-refractivity contribution in [2.75, 3.05) is 0 Å². The van der Waals surface area contributed by atoms with Gasteiger partial charge in [0.1, 0.15) is 0 Å². The van der Waals surface area contributed by atoms with Crippen LogP contribution in [-0.2, 0) is 0 Å². The lowest BCUT2D eigenvalue weighted by atomic mass is 10.1. The van der Waals surface area contributed by atoms with E-state index in [0.717, 1.165) is 5.92 Å². The quantitative estimate of drug-likeness (QED) is 0.495. The van der Waals surface area contributed by atoms with E-state index < -0.39 is 0 Å². The van der Waals surface area contributed by atoms with E-state index in [-0.39, 0.29) is 0 Å². The summed E-state index contributed by atoms with van der Waals surface area (Å²) in [6.45, 7) is 19.2. The average Bonchev–Trinajstić information content (AvgIpc) is 2.22. The summed E-state index contributed by atoms with van der Waals surface area (Å²) >= 11 is 0. The molecule has 0 unspecified atom stereocenters. The van der Waals surface area contributed by atoms with Crippen LogP contribution in [0.25, 0.3) is 0 Å². The maximum Gasteiger partial charge on any atom is -0.0448 e. The molecule has 0 saturated carbocycles. The fourth-order valence-corrected chi connectivity index (χ4v) is 0.289. The summed E-state index contributed by atoms with van der Waals surface area (Å²) < 4.78 is 0. The smallest absolute Gasteiger partial charge is 0.0448 e. The standard InChI is InChI=1S/C6H14.2C3H8.C2H6/c1-4-6(3)5-2;2*1-3-2;1-2/h6H,4-5H2,1-3H3;2*3H2,1-2H3;1-2H3. The van der Waals surface area contributed by atoms with Gasteiger partial charge < -0.3 is 0 Å². The van der Waals surface area contributed by atoms with Gasteiger partial charge in [-0.25, -0.2) is 0 Å². The summed E-state index contributed by atoms with van der Waals surface area (Å²) in [5.74, 6) is 0.935. The first-order chi connectivity index (χ1) is 6.64. The topological polar surface area (TPSA) is 0 Å². The van der Waals surface area contributed by atoms with Crippen LogP contribution in [0.2, 0.25) is 0 Å². The first-order valence-electron chi connectivity index (χ1n) is 6.64. The fraction of sp³-hybridized carbons (Fsp3) is 1.00. The Balaban J connectivity index is -0.0000000536. The van der Waals surface area contributed by atoms with E-state index >= 15 is 0 Å². The number of hydrogen-bond acceptors (Lipinski definition) is 0. The van der Waals surface area contributed by atoms with Crippen molar-refractivity contribution < 1.29 is 0 Å². The van der Waals surface area contributed by atoms with Crippen molar-refractivity contribution in [2.45, 2.75) is 88.0 Å². The summed E-state index contributed by atoms with van der Waals surface area (Å²) in [5.41, 5.74) is 0. The molecule has 0 amide bonds. The van der Waals surface area contributed by atoms with Gasteiger partial charge in [0, 0.05) is 0 Å². The molecule has 0 atom stereocenters. The van der Waals surface area contributed by atoms with Crippen LogP contribution < -0.4 is 0 Å². The summed E-state index contributed by atoms with van der Waals surface area (Å²) in [5, 5.41) is 0. The Morgan fingerprint density at radius 3 is 0.786 bits per heavy atom. The summed E-state index contributed by atoms with van der Waals surface area (Å²) in [7, 11) is 0. The van der Waals surface area contributed by atoms with E-state index in [2.05, 4.69) is 48.5 Å². The van der Waals surface area contributed by atoms with Gasteiger partial charge in [-0.3, -0.25) is 0 Å². The molecule has 0 aliphatic heterocycles. The molecule has 0 fully saturated rings. The van der Waals surface area contributed by atoms with E-state index in [1.165, 1.54) is 25.7 Å². The Morgan fingerprint density at radius 1 is 0.643 bits per heavy atom. The van der Waals surface area contributed by atoms with E-state index in [0.29, 0.717) is 0 Å². The van der Waals surface area contributed by atoms with Crippen LogP contribution in [0.1, 0.15) is 88.0 Å². The number of hydrogen-bond donors (Lipinski definition) is 0. The van der Waals surface area contributed by atoms with Gasteiger partial charge in [-0.1, -0.05) is 88.0 Å². The van der Waals surface area contributed by atoms with Crippen molar-refractivity contribution in [2.24, 2.45) is 5.92 Å². The maximum absolute atomic E-state index is 2.28. The highest BCUT2D eigenvalue weighted by atomic mass is 13.9. The van der Waals surface area contributed by atoms with Crippen LogP contribution in [0.4, 0.5) is 0 Å². The van der Waals surface area contributed by atoms with Gasteiger partial charge in [0.05, 0.1) is 0 Å². The van der Waals surface area contributed by atoms with Crippen LogP contribution in [0.5, 0.6) is 0 Å². The zero-order valence-electron chi connectivity index (χ0n) is 12.4. The largest absolute Gasteiger partial charge is 0.0683 e. The van der Waals surface area contributed by atoms with Crippen molar-refractivity contribution in [1.82, 2.24) is 0 Å². The van der Waals surface area contributed by atoms with Crippen molar-refractivity contribution in [3.63, 3.8) is 0 Å². The Bertz CT molecular complexity index is 33.3. The van der Waals surface area contributed by atoms with Crippen LogP contribution in [-0.4, -0.2) is 0 Å². The minimum absolute atomic E-state index is 0.935. The van der Waals surface area contributed by atoms with Gasteiger partial charge in [-0.15, -0.1) is 0 Å². The molecule has 0 aliphatic carbocycles. The van der Waals surface area contributed by atoms with E-state index in [1.807, 2.05) is 13.8 Å². The molecule has 0 saturated heterocycles. The van der Waals surface area contributed by atoms with Gasteiger partial charge in [0.25, 0.3) is 0 Å². The van der Waals surface area contributed by atoms with Gasteiger partial charge in [-0.05, 0) is 5.92 Å². The van der Waals surface area contributed by atoms with Gasteiger partial charge in [0.15, 0.2) is 0 Å². The molecule has 0 aromatic rings. The van der Waals surface area contributed by atoms with Crippen molar-refractivity contribution in [3.05, 3.63) is 0 Å². The summed E-state index contributed by atoms with van der Waals surface area (Å²) in [6.07, 6.45) is 5.16. The van der Waals surface area contributed by atoms with Crippen molar-refractivity contribution >= 4 is 0 Å². The zero-order valence-corrected chi connectivity index (χ0v) is 12.4. The lowest BCUT2D eigenvalue weighted by Gasteiger charge is -1.98. The average molecular weight is 204 g/mol. The normalized spacial score (nSPS) is 7.29. The second-order valence-corrected chi connectivity index (χ2v) is 3.34. The van der Waals surface area contributed by atoms with E-state index in [1.54, 1.807) is 0 Å². The Hall–Kier alpha value is 0. The molecule has 0 bridgehead atoms. The molecule has 0 nitrogen and oxygen atoms in total. The molecule has 0 aromatic carbocycles. The zero-order chi connectivity index (χ0) is 12.4. The third-order valence-electron chi connectivity index (χ3n) is 1.39. The molecule has 0 heteroatoms. The minimum Gasteiger partial charge on any atom is -0.0683 e. The molecule has 0 N–H and O–H groups in total. The maximum atomic E-state index is 2.28. The van der Waals surface area contributed by atoms with Crippen LogP contribution in [0, 0.1) is 5.92 Å². The molecule has 0 aromatic heterocycles. The molecule has 0 radical (unpaired) electrons. The van der Waals surface area contributed by atoms with Crippen LogP contribution in [0.3, 0.4) is 0 Å². The minimum atomic E-state index is 0.935. The first-order valence-corrected chi connectivity index (χ1v) is 6.64. The second-order valence-electron chi connectivity index (χ2n) is 3.34.